The van der Waals surface area contributed by atoms with Gasteiger partial charge in [-0.1, -0.05) is 115 Å². The van der Waals surface area contributed by atoms with E-state index in [1.165, 1.54) is 75.3 Å². The maximum atomic E-state index is 13.0. The van der Waals surface area contributed by atoms with Gasteiger partial charge in [0.15, 0.2) is 0 Å². The van der Waals surface area contributed by atoms with E-state index in [4.69, 9.17) is 0 Å². The summed E-state index contributed by atoms with van der Waals surface area (Å²) in [5.74, 6) is 2.82. The molecule has 2 amide bonds. The van der Waals surface area contributed by atoms with Gasteiger partial charge >= 0.3 is 0 Å². The highest BCUT2D eigenvalue weighted by Crippen LogP contribution is 2.62. The number of fused-ring (bicyclic) bond motifs is 5. The molecule has 2 fully saturated rings. The smallest absolute Gasteiger partial charge is 0.242 e. The number of rotatable bonds is 18. The van der Waals surface area contributed by atoms with Crippen LogP contribution in [0.2, 0.25) is 0 Å². The van der Waals surface area contributed by atoms with Crippen molar-refractivity contribution in [1.82, 2.24) is 10.6 Å². The van der Waals surface area contributed by atoms with Crippen molar-refractivity contribution in [1.29, 1.82) is 0 Å². The molecule has 3 aliphatic carbocycles. The molecule has 0 aromatic heterocycles. The van der Waals surface area contributed by atoms with Crippen LogP contribution in [0, 0.1) is 29.1 Å². The minimum Gasteiger partial charge on any atom is -0.508 e. The summed E-state index contributed by atoms with van der Waals surface area (Å²) in [7, 11) is 0. The second-order valence-electron chi connectivity index (χ2n) is 16.1. The lowest BCUT2D eigenvalue weighted by molar-refractivity contribution is -0.130. The molecule has 2 aromatic rings. The van der Waals surface area contributed by atoms with E-state index in [0.717, 1.165) is 44.1 Å². The number of hydrogen-bond donors (Lipinski definition) is 4. The second kappa shape index (κ2) is 17.9. The van der Waals surface area contributed by atoms with Crippen molar-refractivity contribution in [2.75, 3.05) is 6.54 Å². The summed E-state index contributed by atoms with van der Waals surface area (Å²) in [6.07, 6.45) is 18.7. The van der Waals surface area contributed by atoms with E-state index in [9.17, 15) is 19.8 Å². The molecule has 0 aliphatic heterocycles. The van der Waals surface area contributed by atoms with Gasteiger partial charge in [0.25, 0.3) is 0 Å². The van der Waals surface area contributed by atoms with Crippen LogP contribution in [-0.2, 0) is 22.4 Å². The molecule has 0 spiro atoms. The first-order chi connectivity index (χ1) is 23.7. The molecule has 6 nitrogen and oxygen atoms in total. The summed E-state index contributed by atoms with van der Waals surface area (Å²) < 4.78 is 0. The highest BCUT2D eigenvalue weighted by atomic mass is 16.3. The first kappa shape index (κ1) is 37.4. The molecule has 1 unspecified atom stereocenters. The van der Waals surface area contributed by atoms with Crippen LogP contribution in [0.15, 0.2) is 48.5 Å². The first-order valence-electron chi connectivity index (χ1n) is 19.8. The average Bonchev–Trinajstić information content (AvgIpc) is 3.40. The molecule has 2 saturated carbocycles. The number of aliphatic hydroxyl groups excluding tert-OH is 1. The SMILES string of the molecule is CCC(C)[C@H](NC(=O)Cc1ccccc1)C(=O)NCCCCCCCCCCC[C@@H]1Cc2cc(O)ccc2[C@H]2CC[C@]3(C)[C@@H](O)CC[C@H]3[C@H]12. The van der Waals surface area contributed by atoms with Gasteiger partial charge in [0.05, 0.1) is 12.5 Å². The van der Waals surface area contributed by atoms with Crippen LogP contribution in [-0.4, -0.2) is 40.7 Å². The summed E-state index contributed by atoms with van der Waals surface area (Å²) in [5, 5.41) is 27.3. The van der Waals surface area contributed by atoms with Gasteiger partial charge in [-0.2, -0.15) is 0 Å². The fourth-order valence-corrected chi connectivity index (χ4v) is 9.83. The molecule has 49 heavy (non-hydrogen) atoms. The Labute approximate surface area is 296 Å². The van der Waals surface area contributed by atoms with E-state index in [1.807, 2.05) is 49.4 Å². The number of carbonyl (C=O) groups excluding carboxylic acids is 2. The Hall–Kier alpha value is -2.86. The van der Waals surface area contributed by atoms with Crippen LogP contribution >= 0.6 is 0 Å². The topological polar surface area (TPSA) is 98.7 Å². The molecule has 0 bridgehead atoms. The van der Waals surface area contributed by atoms with Crippen molar-refractivity contribution < 1.29 is 19.8 Å². The minimum atomic E-state index is -0.497. The lowest BCUT2D eigenvalue weighted by Crippen LogP contribution is -2.50. The van der Waals surface area contributed by atoms with Crippen molar-refractivity contribution in [3.63, 3.8) is 0 Å². The van der Waals surface area contributed by atoms with Gasteiger partial charge in [0.1, 0.15) is 11.8 Å². The van der Waals surface area contributed by atoms with E-state index in [0.29, 0.717) is 36.0 Å². The lowest BCUT2D eigenvalue weighted by atomic mass is 9.52. The summed E-state index contributed by atoms with van der Waals surface area (Å²) in [4.78, 5) is 25.6. The molecule has 8 atom stereocenters. The molecule has 6 heteroatoms. The Morgan fingerprint density at radius 1 is 0.918 bits per heavy atom. The molecule has 0 radical (unpaired) electrons. The van der Waals surface area contributed by atoms with E-state index in [1.54, 1.807) is 0 Å². The third-order valence-corrected chi connectivity index (χ3v) is 12.9. The van der Waals surface area contributed by atoms with Crippen LogP contribution in [0.3, 0.4) is 0 Å². The molecule has 2 aromatic carbocycles. The van der Waals surface area contributed by atoms with Crippen molar-refractivity contribution in [2.24, 2.45) is 29.1 Å². The molecule has 3 aliphatic rings. The Kier molecular flexibility index (Phi) is 13.6. The zero-order valence-electron chi connectivity index (χ0n) is 30.6. The summed E-state index contributed by atoms with van der Waals surface area (Å²) in [5.41, 5.74) is 3.88. The number of amides is 2. The van der Waals surface area contributed by atoms with Crippen LogP contribution in [0.5, 0.6) is 5.75 Å². The Morgan fingerprint density at radius 3 is 2.33 bits per heavy atom. The highest BCUT2D eigenvalue weighted by molar-refractivity contribution is 5.88. The number of benzene rings is 2. The zero-order chi connectivity index (χ0) is 34.8. The number of phenolic OH excluding ortho intramolecular Hbond substituents is 1. The van der Waals surface area contributed by atoms with Gasteiger partial charge in [0, 0.05) is 6.54 Å². The van der Waals surface area contributed by atoms with Crippen molar-refractivity contribution in [2.45, 2.75) is 148 Å². The summed E-state index contributed by atoms with van der Waals surface area (Å²) >= 11 is 0. The number of aromatic hydroxyl groups is 1. The zero-order valence-corrected chi connectivity index (χ0v) is 30.6. The van der Waals surface area contributed by atoms with Crippen molar-refractivity contribution in [3.05, 3.63) is 65.2 Å². The van der Waals surface area contributed by atoms with Crippen LogP contribution in [0.25, 0.3) is 0 Å². The van der Waals surface area contributed by atoms with Crippen LogP contribution in [0.1, 0.15) is 140 Å². The Bertz CT molecular complexity index is 1350. The summed E-state index contributed by atoms with van der Waals surface area (Å²) in [6.45, 7) is 7.10. The third-order valence-electron chi connectivity index (χ3n) is 12.9. The van der Waals surface area contributed by atoms with Gasteiger partial charge in [-0.15, -0.1) is 0 Å². The molecular formula is C43H64N2O4. The predicted octanol–water partition coefficient (Wildman–Crippen LogP) is 8.63. The van der Waals surface area contributed by atoms with Crippen molar-refractivity contribution >= 4 is 11.8 Å². The maximum absolute atomic E-state index is 13.0. The largest absolute Gasteiger partial charge is 0.508 e. The second-order valence-corrected chi connectivity index (χ2v) is 16.1. The Morgan fingerprint density at radius 2 is 1.61 bits per heavy atom. The number of phenols is 1. The lowest BCUT2D eigenvalue weighted by Gasteiger charge is -2.53. The van der Waals surface area contributed by atoms with E-state index in [2.05, 4.69) is 30.5 Å². The third kappa shape index (κ3) is 9.48. The first-order valence-corrected chi connectivity index (χ1v) is 19.8. The highest BCUT2D eigenvalue weighted by Gasteiger charge is 2.56. The number of carbonyl (C=O) groups is 2. The molecular weight excluding hydrogens is 608 g/mol. The number of aliphatic hydroxyl groups is 1. The predicted molar refractivity (Wildman–Crippen MR) is 198 cm³/mol. The van der Waals surface area contributed by atoms with Gasteiger partial charge in [-0.3, -0.25) is 9.59 Å². The fraction of sp³-hybridized carbons (Fsp3) is 0.674. The number of unbranched alkanes of at least 4 members (excludes halogenated alkanes) is 8. The molecule has 5 rings (SSSR count). The Balaban J connectivity index is 0.952. The van der Waals surface area contributed by atoms with E-state index in [-0.39, 0.29) is 35.7 Å². The monoisotopic (exact) mass is 672 g/mol. The van der Waals surface area contributed by atoms with Gasteiger partial charge in [-0.05, 0) is 109 Å². The van der Waals surface area contributed by atoms with Crippen LogP contribution < -0.4 is 10.6 Å². The van der Waals surface area contributed by atoms with Crippen LogP contribution in [0.4, 0.5) is 0 Å². The molecule has 0 saturated heterocycles. The van der Waals surface area contributed by atoms with Gasteiger partial charge < -0.3 is 20.8 Å². The minimum absolute atomic E-state index is 0.0693. The standard InChI is InChI=1S/C43H64N2O4/c1-4-30(2)41(45-39(48)27-31-17-13-12-14-18-31)42(49)44-26-16-11-9-7-5-6-8-10-15-19-32-28-33-29-34(46)20-21-35(33)36-24-25-43(3)37(40(32)36)22-23-38(43)47/h12-14,17-18,20-21,29-30,32,36-38,40-41,46-47H,4-11,15-16,19,22-28H2,1-3H3,(H,44,49)(H,45,48)/t30?,32-,36-,37+,38+,40-,41+,43+/m1/s1. The normalized spacial score (nSPS) is 27.0. The summed E-state index contributed by atoms with van der Waals surface area (Å²) in [6, 6.07) is 15.3. The molecule has 0 heterocycles. The average molecular weight is 673 g/mol. The fourth-order valence-electron chi connectivity index (χ4n) is 9.83. The quantitative estimate of drug-likeness (QED) is 0.119. The molecule has 4 N–H and O–H groups in total. The van der Waals surface area contributed by atoms with Gasteiger partial charge in [0.2, 0.25) is 11.8 Å². The van der Waals surface area contributed by atoms with Crippen molar-refractivity contribution in [3.8, 4) is 5.75 Å². The number of nitrogens with one attached hydrogen (secondary N) is 2. The van der Waals surface area contributed by atoms with E-state index >= 15 is 0 Å². The molecule has 270 valence electrons. The number of hydrogen-bond acceptors (Lipinski definition) is 4. The maximum Gasteiger partial charge on any atom is 0.242 e. The van der Waals surface area contributed by atoms with Gasteiger partial charge in [-0.25, -0.2) is 0 Å². The van der Waals surface area contributed by atoms with E-state index < -0.39 is 6.04 Å².